The van der Waals surface area contributed by atoms with E-state index in [0.29, 0.717) is 5.75 Å². The first-order valence-corrected chi connectivity index (χ1v) is 6.70. The van der Waals surface area contributed by atoms with E-state index < -0.39 is 4.92 Å². The summed E-state index contributed by atoms with van der Waals surface area (Å²) in [6.45, 7) is 3.74. The van der Waals surface area contributed by atoms with Crippen LogP contribution in [0.15, 0.2) is 42.5 Å². The first-order chi connectivity index (χ1) is 10.5. The SMILES string of the molecule is Cc1ccc(NC(=O)COc2ccc([N+](=O)[O-])cc2)c(C)c1. The van der Waals surface area contributed by atoms with Crippen molar-refractivity contribution in [1.29, 1.82) is 0 Å². The van der Waals surface area contributed by atoms with Crippen LogP contribution in [0.3, 0.4) is 0 Å². The normalized spacial score (nSPS) is 10.1. The fraction of sp³-hybridized carbons (Fsp3) is 0.188. The second-order valence-electron chi connectivity index (χ2n) is 4.91. The van der Waals surface area contributed by atoms with Crippen LogP contribution in [0.4, 0.5) is 11.4 Å². The Labute approximate surface area is 127 Å². The van der Waals surface area contributed by atoms with Crippen LogP contribution in [-0.2, 0) is 4.79 Å². The standard InChI is InChI=1S/C16H16N2O4/c1-11-3-8-15(12(2)9-11)17-16(19)10-22-14-6-4-13(5-7-14)18(20)21/h3-9H,10H2,1-2H3,(H,17,19). The molecule has 6 nitrogen and oxygen atoms in total. The number of benzene rings is 2. The van der Waals surface area contributed by atoms with Crippen LogP contribution < -0.4 is 10.1 Å². The van der Waals surface area contributed by atoms with Gasteiger partial charge in [0.2, 0.25) is 0 Å². The van der Waals surface area contributed by atoms with Crippen molar-refractivity contribution in [3.8, 4) is 5.75 Å². The molecule has 0 unspecified atom stereocenters. The molecule has 1 N–H and O–H groups in total. The van der Waals surface area contributed by atoms with Gasteiger partial charge in [0.05, 0.1) is 4.92 Å². The maximum absolute atomic E-state index is 11.9. The summed E-state index contributed by atoms with van der Waals surface area (Å²) in [5.74, 6) is 0.117. The van der Waals surface area contributed by atoms with Gasteiger partial charge in [0, 0.05) is 17.8 Å². The van der Waals surface area contributed by atoms with Crippen molar-refractivity contribution in [2.45, 2.75) is 13.8 Å². The van der Waals surface area contributed by atoms with E-state index in [1.165, 1.54) is 24.3 Å². The number of nitro groups is 1. The fourth-order valence-electron chi connectivity index (χ4n) is 1.95. The minimum absolute atomic E-state index is 0.0212. The summed E-state index contributed by atoms with van der Waals surface area (Å²) in [5, 5.41) is 13.3. The zero-order chi connectivity index (χ0) is 16.1. The highest BCUT2D eigenvalue weighted by Gasteiger charge is 2.08. The molecule has 0 heterocycles. The topological polar surface area (TPSA) is 81.5 Å². The molecule has 0 aromatic heterocycles. The number of hydrogen-bond acceptors (Lipinski definition) is 4. The van der Waals surface area contributed by atoms with Gasteiger partial charge in [0.1, 0.15) is 5.75 Å². The Morgan fingerprint density at radius 2 is 1.86 bits per heavy atom. The second kappa shape index (κ2) is 6.71. The molecule has 0 fully saturated rings. The van der Waals surface area contributed by atoms with E-state index in [2.05, 4.69) is 5.32 Å². The van der Waals surface area contributed by atoms with Crippen LogP contribution in [0, 0.1) is 24.0 Å². The summed E-state index contributed by atoms with van der Waals surface area (Å²) in [6, 6.07) is 11.3. The number of anilines is 1. The summed E-state index contributed by atoms with van der Waals surface area (Å²) >= 11 is 0. The van der Waals surface area contributed by atoms with Crippen molar-refractivity contribution < 1.29 is 14.5 Å². The maximum atomic E-state index is 11.9. The van der Waals surface area contributed by atoms with E-state index in [1.807, 2.05) is 32.0 Å². The molecule has 0 spiro atoms. The number of non-ortho nitro benzene ring substituents is 1. The van der Waals surface area contributed by atoms with Crippen molar-refractivity contribution >= 4 is 17.3 Å². The maximum Gasteiger partial charge on any atom is 0.269 e. The summed E-state index contributed by atoms with van der Waals surface area (Å²) in [4.78, 5) is 21.9. The summed E-state index contributed by atoms with van der Waals surface area (Å²) in [5.41, 5.74) is 2.82. The largest absolute Gasteiger partial charge is 0.484 e. The smallest absolute Gasteiger partial charge is 0.269 e. The van der Waals surface area contributed by atoms with Gasteiger partial charge in [0.15, 0.2) is 6.61 Å². The third-order valence-corrected chi connectivity index (χ3v) is 3.07. The number of rotatable bonds is 5. The molecule has 6 heteroatoms. The van der Waals surface area contributed by atoms with Gasteiger partial charge in [-0.1, -0.05) is 17.7 Å². The van der Waals surface area contributed by atoms with Gasteiger partial charge >= 0.3 is 0 Å². The molecule has 1 amide bonds. The van der Waals surface area contributed by atoms with Gasteiger partial charge in [0.25, 0.3) is 11.6 Å². The minimum Gasteiger partial charge on any atom is -0.484 e. The summed E-state index contributed by atoms with van der Waals surface area (Å²) < 4.78 is 5.30. The highest BCUT2D eigenvalue weighted by molar-refractivity contribution is 5.92. The minimum atomic E-state index is -0.489. The highest BCUT2D eigenvalue weighted by atomic mass is 16.6. The number of aryl methyl sites for hydroxylation is 2. The predicted molar refractivity (Wildman–Crippen MR) is 83.1 cm³/mol. The molecule has 0 aliphatic rings. The van der Waals surface area contributed by atoms with Crippen LogP contribution >= 0.6 is 0 Å². The third-order valence-electron chi connectivity index (χ3n) is 3.07. The van der Waals surface area contributed by atoms with E-state index >= 15 is 0 Å². The lowest BCUT2D eigenvalue weighted by Gasteiger charge is -2.10. The molecular weight excluding hydrogens is 284 g/mol. The number of amides is 1. The zero-order valence-electron chi connectivity index (χ0n) is 12.3. The van der Waals surface area contributed by atoms with Crippen molar-refractivity contribution in [2.75, 3.05) is 11.9 Å². The Kier molecular flexibility index (Phi) is 4.73. The third kappa shape index (κ3) is 4.05. The van der Waals surface area contributed by atoms with Crippen LogP contribution in [0.5, 0.6) is 5.75 Å². The molecule has 114 valence electrons. The van der Waals surface area contributed by atoms with Crippen LogP contribution in [0.2, 0.25) is 0 Å². The molecule has 0 saturated carbocycles. The number of nitrogens with zero attached hydrogens (tertiary/aromatic N) is 1. The molecule has 0 aliphatic carbocycles. The molecule has 0 aliphatic heterocycles. The quantitative estimate of drug-likeness (QED) is 0.679. The number of ether oxygens (including phenoxy) is 1. The molecule has 2 rings (SSSR count). The van der Waals surface area contributed by atoms with Gasteiger partial charge in [-0.25, -0.2) is 0 Å². The first-order valence-electron chi connectivity index (χ1n) is 6.70. The van der Waals surface area contributed by atoms with Crippen LogP contribution in [0.1, 0.15) is 11.1 Å². The van der Waals surface area contributed by atoms with E-state index in [9.17, 15) is 14.9 Å². The molecule has 2 aromatic carbocycles. The lowest BCUT2D eigenvalue weighted by molar-refractivity contribution is -0.384. The molecule has 0 bridgehead atoms. The molecular formula is C16H16N2O4. The lowest BCUT2D eigenvalue weighted by Crippen LogP contribution is -2.20. The second-order valence-corrected chi connectivity index (χ2v) is 4.91. The Morgan fingerprint density at radius 3 is 2.45 bits per heavy atom. The van der Waals surface area contributed by atoms with Crippen molar-refractivity contribution in [2.24, 2.45) is 0 Å². The average Bonchev–Trinajstić information content (AvgIpc) is 2.48. The van der Waals surface area contributed by atoms with Crippen molar-refractivity contribution in [1.82, 2.24) is 0 Å². The van der Waals surface area contributed by atoms with Gasteiger partial charge in [-0.2, -0.15) is 0 Å². The van der Waals surface area contributed by atoms with E-state index in [0.717, 1.165) is 16.8 Å². The Balaban J connectivity index is 1.91. The monoisotopic (exact) mass is 300 g/mol. The number of hydrogen-bond donors (Lipinski definition) is 1. The van der Waals surface area contributed by atoms with Gasteiger partial charge < -0.3 is 10.1 Å². The molecule has 2 aromatic rings. The van der Waals surface area contributed by atoms with E-state index in [-0.39, 0.29) is 18.2 Å². The average molecular weight is 300 g/mol. The Morgan fingerprint density at radius 1 is 1.18 bits per heavy atom. The van der Waals surface area contributed by atoms with Gasteiger partial charge in [-0.05, 0) is 37.6 Å². The molecule has 0 atom stereocenters. The number of nitrogens with one attached hydrogen (secondary N) is 1. The Bertz CT molecular complexity index is 696. The summed E-state index contributed by atoms with van der Waals surface area (Å²) in [6.07, 6.45) is 0. The van der Waals surface area contributed by atoms with E-state index in [1.54, 1.807) is 0 Å². The van der Waals surface area contributed by atoms with E-state index in [4.69, 9.17) is 4.74 Å². The predicted octanol–water partition coefficient (Wildman–Crippen LogP) is 3.23. The number of carbonyl (C=O) groups is 1. The van der Waals surface area contributed by atoms with Crippen LogP contribution in [0.25, 0.3) is 0 Å². The summed E-state index contributed by atoms with van der Waals surface area (Å²) in [7, 11) is 0. The number of nitro benzene ring substituents is 1. The lowest BCUT2D eigenvalue weighted by atomic mass is 10.1. The highest BCUT2D eigenvalue weighted by Crippen LogP contribution is 2.18. The fourth-order valence-corrected chi connectivity index (χ4v) is 1.95. The molecule has 0 saturated heterocycles. The van der Waals surface area contributed by atoms with Crippen LogP contribution in [-0.4, -0.2) is 17.4 Å². The van der Waals surface area contributed by atoms with Gasteiger partial charge in [-0.15, -0.1) is 0 Å². The molecule has 0 radical (unpaired) electrons. The van der Waals surface area contributed by atoms with Crippen molar-refractivity contribution in [3.05, 3.63) is 63.7 Å². The van der Waals surface area contributed by atoms with Crippen molar-refractivity contribution in [3.63, 3.8) is 0 Å². The zero-order valence-corrected chi connectivity index (χ0v) is 12.3. The molecule has 22 heavy (non-hydrogen) atoms. The number of carbonyl (C=O) groups excluding carboxylic acids is 1. The van der Waals surface area contributed by atoms with Gasteiger partial charge in [-0.3, -0.25) is 14.9 Å². The Hall–Kier alpha value is -2.89. The first kappa shape index (κ1) is 15.5.